The Balaban J connectivity index is 1.73. The van der Waals surface area contributed by atoms with Crippen molar-refractivity contribution in [2.45, 2.75) is 71.8 Å². The van der Waals surface area contributed by atoms with Gasteiger partial charge in [-0.1, -0.05) is 49.8 Å². The number of aryl methyl sites for hydroxylation is 3. The predicted octanol–water partition coefficient (Wildman–Crippen LogP) is 4.70. The van der Waals surface area contributed by atoms with E-state index in [1.807, 2.05) is 0 Å². The second-order valence-electron chi connectivity index (χ2n) is 7.49. The number of hydrogen-bond acceptors (Lipinski definition) is 1. The molecule has 2 nitrogen and oxygen atoms in total. The van der Waals surface area contributed by atoms with Crippen LogP contribution in [0.3, 0.4) is 0 Å². The number of carbonyl (C=O) groups excluding carboxylic acids is 1. The summed E-state index contributed by atoms with van der Waals surface area (Å²) in [6, 6.07) is 4.63. The van der Waals surface area contributed by atoms with Gasteiger partial charge in [-0.3, -0.25) is 4.79 Å². The van der Waals surface area contributed by atoms with Gasteiger partial charge >= 0.3 is 0 Å². The second-order valence-corrected chi connectivity index (χ2v) is 7.49. The third-order valence-electron chi connectivity index (χ3n) is 5.80. The predicted molar refractivity (Wildman–Crippen MR) is 91.2 cm³/mol. The minimum atomic E-state index is 0.143. The van der Waals surface area contributed by atoms with E-state index in [1.165, 1.54) is 44.1 Å². The van der Waals surface area contributed by atoms with Crippen LogP contribution < -0.4 is 5.32 Å². The van der Waals surface area contributed by atoms with Gasteiger partial charge in [0.15, 0.2) is 0 Å². The van der Waals surface area contributed by atoms with Crippen LogP contribution in [0.15, 0.2) is 12.1 Å². The standard InChI is InChI=1S/C20H29NO/c1-13-11-14(2)19(15(3)12-13)20(22)21-18-10-6-9-17(18)16-7-4-5-8-16/h11-12,16-18H,4-10H2,1-3H3,(H,21,22)/t17-,18-/m0/s1. The third kappa shape index (κ3) is 3.06. The van der Waals surface area contributed by atoms with Crippen LogP contribution in [0.25, 0.3) is 0 Å². The molecule has 2 heteroatoms. The Morgan fingerprint density at radius 2 is 1.59 bits per heavy atom. The van der Waals surface area contributed by atoms with Crippen molar-refractivity contribution < 1.29 is 4.79 Å². The van der Waals surface area contributed by atoms with Crippen molar-refractivity contribution >= 4 is 5.91 Å². The monoisotopic (exact) mass is 299 g/mol. The molecule has 1 amide bonds. The Morgan fingerprint density at radius 1 is 0.955 bits per heavy atom. The number of carbonyl (C=O) groups is 1. The zero-order chi connectivity index (χ0) is 15.7. The lowest BCUT2D eigenvalue weighted by molar-refractivity contribution is 0.0917. The highest BCUT2D eigenvalue weighted by Gasteiger charge is 2.36. The van der Waals surface area contributed by atoms with Crippen LogP contribution in [-0.2, 0) is 0 Å². The molecule has 0 unspecified atom stereocenters. The molecule has 2 aliphatic carbocycles. The molecule has 2 fully saturated rings. The van der Waals surface area contributed by atoms with Crippen molar-refractivity contribution in [3.63, 3.8) is 0 Å². The Labute approximate surface area is 134 Å². The molecule has 0 aromatic heterocycles. The molecule has 2 aliphatic rings. The quantitative estimate of drug-likeness (QED) is 0.861. The van der Waals surface area contributed by atoms with Gasteiger partial charge in [0.25, 0.3) is 5.91 Å². The molecule has 1 aromatic rings. The zero-order valence-electron chi connectivity index (χ0n) is 14.2. The second kappa shape index (κ2) is 6.44. The fourth-order valence-corrected chi connectivity index (χ4v) is 4.90. The molecule has 0 bridgehead atoms. The first-order valence-electron chi connectivity index (χ1n) is 8.95. The SMILES string of the molecule is Cc1cc(C)c(C(=O)N[C@H]2CCC[C@H]2C2CCCC2)c(C)c1. The van der Waals surface area contributed by atoms with Gasteiger partial charge in [-0.15, -0.1) is 0 Å². The van der Waals surface area contributed by atoms with Crippen LogP contribution in [0, 0.1) is 32.6 Å². The summed E-state index contributed by atoms with van der Waals surface area (Å²) in [6.45, 7) is 6.20. The zero-order valence-corrected chi connectivity index (χ0v) is 14.2. The maximum Gasteiger partial charge on any atom is 0.252 e. The molecule has 3 rings (SSSR count). The molecule has 0 heterocycles. The molecule has 2 atom stereocenters. The van der Waals surface area contributed by atoms with Crippen molar-refractivity contribution in [1.29, 1.82) is 0 Å². The molecule has 1 N–H and O–H groups in total. The van der Waals surface area contributed by atoms with Gasteiger partial charge < -0.3 is 5.32 Å². The summed E-state index contributed by atoms with van der Waals surface area (Å²) in [5.74, 6) is 1.72. The van der Waals surface area contributed by atoms with Gasteiger partial charge in [0.2, 0.25) is 0 Å². The lowest BCUT2D eigenvalue weighted by Gasteiger charge is -2.27. The lowest BCUT2D eigenvalue weighted by Crippen LogP contribution is -2.40. The van der Waals surface area contributed by atoms with Crippen LogP contribution in [0.2, 0.25) is 0 Å². The topological polar surface area (TPSA) is 29.1 Å². The van der Waals surface area contributed by atoms with Crippen molar-refractivity contribution in [2.75, 3.05) is 0 Å². The highest BCUT2D eigenvalue weighted by Crippen LogP contribution is 2.40. The normalized spacial score (nSPS) is 25.6. The van der Waals surface area contributed by atoms with E-state index >= 15 is 0 Å². The summed E-state index contributed by atoms with van der Waals surface area (Å²) in [7, 11) is 0. The molecule has 120 valence electrons. The minimum Gasteiger partial charge on any atom is -0.349 e. The number of nitrogens with one attached hydrogen (secondary N) is 1. The van der Waals surface area contributed by atoms with E-state index in [0.29, 0.717) is 6.04 Å². The van der Waals surface area contributed by atoms with Crippen LogP contribution in [0.5, 0.6) is 0 Å². The first-order chi connectivity index (χ1) is 10.6. The lowest BCUT2D eigenvalue weighted by atomic mass is 9.86. The van der Waals surface area contributed by atoms with E-state index in [4.69, 9.17) is 0 Å². The highest BCUT2D eigenvalue weighted by atomic mass is 16.1. The third-order valence-corrected chi connectivity index (χ3v) is 5.80. The van der Waals surface area contributed by atoms with Gasteiger partial charge in [-0.25, -0.2) is 0 Å². The van der Waals surface area contributed by atoms with Crippen LogP contribution in [0.1, 0.15) is 72.0 Å². The van der Waals surface area contributed by atoms with Gasteiger partial charge in [0.1, 0.15) is 0 Å². The molecular weight excluding hydrogens is 270 g/mol. The summed E-state index contributed by atoms with van der Waals surface area (Å²) in [5.41, 5.74) is 4.33. The fraction of sp³-hybridized carbons (Fsp3) is 0.650. The minimum absolute atomic E-state index is 0.143. The molecule has 1 aromatic carbocycles. The van der Waals surface area contributed by atoms with E-state index in [9.17, 15) is 4.79 Å². The fourth-order valence-electron chi connectivity index (χ4n) is 4.90. The van der Waals surface area contributed by atoms with Crippen molar-refractivity contribution in [1.82, 2.24) is 5.32 Å². The molecule has 22 heavy (non-hydrogen) atoms. The number of amides is 1. The number of rotatable bonds is 3. The molecule has 0 saturated heterocycles. The molecule has 0 spiro atoms. The maximum atomic E-state index is 12.8. The molecule has 0 radical (unpaired) electrons. The Bertz CT molecular complexity index is 534. The summed E-state index contributed by atoms with van der Waals surface area (Å²) in [5, 5.41) is 3.38. The van der Waals surface area contributed by atoms with Crippen LogP contribution in [-0.4, -0.2) is 11.9 Å². The van der Waals surface area contributed by atoms with Crippen molar-refractivity contribution in [3.05, 3.63) is 34.4 Å². The van der Waals surface area contributed by atoms with Crippen molar-refractivity contribution in [2.24, 2.45) is 11.8 Å². The van der Waals surface area contributed by atoms with Gasteiger partial charge in [0, 0.05) is 11.6 Å². The molecular formula is C20H29NO. The summed E-state index contributed by atoms with van der Waals surface area (Å²) in [6.07, 6.45) is 9.27. The first kappa shape index (κ1) is 15.6. The van der Waals surface area contributed by atoms with E-state index in [2.05, 4.69) is 38.2 Å². The summed E-state index contributed by atoms with van der Waals surface area (Å²) in [4.78, 5) is 12.8. The average molecular weight is 299 g/mol. The number of benzene rings is 1. The highest BCUT2D eigenvalue weighted by molar-refractivity contribution is 5.97. The Kier molecular flexibility index (Phi) is 4.56. The molecule has 0 aliphatic heterocycles. The average Bonchev–Trinajstić information content (AvgIpc) is 3.07. The van der Waals surface area contributed by atoms with E-state index in [-0.39, 0.29) is 5.91 Å². The van der Waals surface area contributed by atoms with Gasteiger partial charge in [-0.2, -0.15) is 0 Å². The van der Waals surface area contributed by atoms with Gasteiger partial charge in [0.05, 0.1) is 0 Å². The largest absolute Gasteiger partial charge is 0.349 e. The van der Waals surface area contributed by atoms with Crippen LogP contribution in [0.4, 0.5) is 0 Å². The Hall–Kier alpha value is -1.31. The number of hydrogen-bond donors (Lipinski definition) is 1. The summed E-state index contributed by atoms with van der Waals surface area (Å²) < 4.78 is 0. The first-order valence-corrected chi connectivity index (χ1v) is 8.95. The smallest absolute Gasteiger partial charge is 0.252 e. The maximum absolute atomic E-state index is 12.8. The van der Waals surface area contributed by atoms with Gasteiger partial charge in [-0.05, 0) is 56.6 Å². The van der Waals surface area contributed by atoms with E-state index in [0.717, 1.165) is 34.9 Å². The van der Waals surface area contributed by atoms with Crippen LogP contribution >= 0.6 is 0 Å². The van der Waals surface area contributed by atoms with E-state index < -0.39 is 0 Å². The summed E-state index contributed by atoms with van der Waals surface area (Å²) >= 11 is 0. The van der Waals surface area contributed by atoms with E-state index in [1.54, 1.807) is 0 Å². The Morgan fingerprint density at radius 3 is 2.23 bits per heavy atom. The van der Waals surface area contributed by atoms with Crippen molar-refractivity contribution in [3.8, 4) is 0 Å². The molecule has 2 saturated carbocycles.